The molecule has 1 saturated heterocycles. The summed E-state index contributed by atoms with van der Waals surface area (Å²) in [5.74, 6) is 0.809. The molecule has 106 valence electrons. The number of anilines is 1. The van der Waals surface area contributed by atoms with Gasteiger partial charge in [0, 0.05) is 41.1 Å². The number of hydrogen-bond acceptors (Lipinski definition) is 4. The van der Waals surface area contributed by atoms with Crippen LogP contribution in [0.2, 0.25) is 0 Å². The molecule has 1 heterocycles. The lowest BCUT2D eigenvalue weighted by atomic mass is 10.1. The van der Waals surface area contributed by atoms with Crippen LogP contribution in [0.3, 0.4) is 0 Å². The normalized spacial score (nSPS) is 18.6. The largest absolute Gasteiger partial charge is 0.398 e. The molecule has 1 aliphatic heterocycles. The minimum Gasteiger partial charge on any atom is -0.398 e. The third kappa shape index (κ3) is 2.98. The zero-order valence-corrected chi connectivity index (χ0v) is 12.5. The van der Waals surface area contributed by atoms with E-state index in [-0.39, 0.29) is 4.90 Å². The third-order valence-electron chi connectivity index (χ3n) is 3.27. The van der Waals surface area contributed by atoms with E-state index in [0.29, 0.717) is 30.3 Å². The molecule has 0 saturated carbocycles. The number of rotatable bonds is 3. The quantitative estimate of drug-likeness (QED) is 0.828. The second kappa shape index (κ2) is 5.60. The van der Waals surface area contributed by atoms with Crippen LogP contribution in [0.1, 0.15) is 12.5 Å². The predicted molar refractivity (Wildman–Crippen MR) is 76.9 cm³/mol. The summed E-state index contributed by atoms with van der Waals surface area (Å²) >= 11 is 0. The highest BCUT2D eigenvalue weighted by atomic mass is 32.2. The van der Waals surface area contributed by atoms with Gasteiger partial charge < -0.3 is 5.73 Å². The fraction of sp³-hybridized carbons (Fsp3) is 0.500. The van der Waals surface area contributed by atoms with Crippen molar-refractivity contribution >= 4 is 26.5 Å². The van der Waals surface area contributed by atoms with E-state index < -0.39 is 20.8 Å². The molecule has 0 radical (unpaired) electrons. The molecule has 1 aromatic rings. The van der Waals surface area contributed by atoms with E-state index in [0.717, 1.165) is 12.0 Å². The van der Waals surface area contributed by atoms with E-state index in [4.69, 9.17) is 5.73 Å². The van der Waals surface area contributed by atoms with Gasteiger partial charge in [-0.2, -0.15) is 4.31 Å². The van der Waals surface area contributed by atoms with E-state index in [9.17, 15) is 12.6 Å². The molecule has 7 heteroatoms. The fourth-order valence-corrected chi connectivity index (χ4v) is 4.83. The highest BCUT2D eigenvalue weighted by Gasteiger charge is 2.28. The Bertz CT molecular complexity index is 589. The maximum Gasteiger partial charge on any atom is 0.243 e. The lowest BCUT2D eigenvalue weighted by Gasteiger charge is -2.25. The average molecular weight is 302 g/mol. The molecule has 1 fully saturated rings. The first kappa shape index (κ1) is 14.5. The van der Waals surface area contributed by atoms with Crippen LogP contribution in [0.5, 0.6) is 0 Å². The summed E-state index contributed by atoms with van der Waals surface area (Å²) in [4.78, 5) is 0.217. The molecule has 0 amide bonds. The summed E-state index contributed by atoms with van der Waals surface area (Å²) in [5, 5.41) is 0. The van der Waals surface area contributed by atoms with Gasteiger partial charge in [-0.15, -0.1) is 0 Å². The monoisotopic (exact) mass is 302 g/mol. The summed E-state index contributed by atoms with van der Waals surface area (Å²) in [7, 11) is -4.41. The van der Waals surface area contributed by atoms with Crippen molar-refractivity contribution in [2.45, 2.75) is 18.2 Å². The molecule has 5 nitrogen and oxygen atoms in total. The molecule has 0 unspecified atom stereocenters. The van der Waals surface area contributed by atoms with Crippen molar-refractivity contribution in [2.24, 2.45) is 0 Å². The van der Waals surface area contributed by atoms with E-state index in [1.54, 1.807) is 12.1 Å². The highest BCUT2D eigenvalue weighted by molar-refractivity contribution is 7.89. The first-order chi connectivity index (χ1) is 8.95. The molecule has 2 rings (SSSR count). The van der Waals surface area contributed by atoms with Crippen molar-refractivity contribution in [3.05, 3.63) is 23.8 Å². The van der Waals surface area contributed by atoms with Crippen LogP contribution in [0.25, 0.3) is 0 Å². The van der Waals surface area contributed by atoms with Crippen LogP contribution >= 0.6 is 0 Å². The lowest BCUT2D eigenvalue weighted by Crippen LogP contribution is -2.41. The standard InChI is InChI=1S/C12H18N2O3S2/c1-2-10-3-4-11(9-12(10)13)19(16,17)14-5-7-18(15)8-6-14/h3-4,9H,2,5-8,13H2,1H3. The minimum atomic E-state index is -3.51. The van der Waals surface area contributed by atoms with Gasteiger partial charge in [-0.1, -0.05) is 13.0 Å². The Hall–Kier alpha value is -0.920. The number of aryl methyl sites for hydroxylation is 1. The smallest absolute Gasteiger partial charge is 0.243 e. The number of hydrogen-bond donors (Lipinski definition) is 1. The molecule has 0 atom stereocenters. The number of sulfonamides is 1. The van der Waals surface area contributed by atoms with Gasteiger partial charge in [-0.05, 0) is 24.1 Å². The van der Waals surface area contributed by atoms with Gasteiger partial charge in [0.25, 0.3) is 0 Å². The zero-order chi connectivity index (χ0) is 14.0. The lowest BCUT2D eigenvalue weighted by molar-refractivity contribution is 0.438. The summed E-state index contributed by atoms with van der Waals surface area (Å²) in [6.45, 7) is 2.59. The van der Waals surface area contributed by atoms with Crippen LogP contribution in [0.15, 0.2) is 23.1 Å². The molecule has 0 bridgehead atoms. The van der Waals surface area contributed by atoms with E-state index in [2.05, 4.69) is 0 Å². The van der Waals surface area contributed by atoms with Gasteiger partial charge in [0.1, 0.15) is 0 Å². The molecule has 0 spiro atoms. The van der Waals surface area contributed by atoms with Crippen LogP contribution in [0, 0.1) is 0 Å². The zero-order valence-electron chi connectivity index (χ0n) is 10.8. The van der Waals surface area contributed by atoms with E-state index in [1.165, 1.54) is 10.4 Å². The second-order valence-corrected chi connectivity index (χ2v) is 8.10. The Morgan fingerprint density at radius 2 is 1.95 bits per heavy atom. The van der Waals surface area contributed by atoms with Gasteiger partial charge in [-0.3, -0.25) is 4.21 Å². The summed E-state index contributed by atoms with van der Waals surface area (Å²) in [5.41, 5.74) is 7.30. The van der Waals surface area contributed by atoms with Crippen molar-refractivity contribution in [3.8, 4) is 0 Å². The van der Waals surface area contributed by atoms with Crippen LogP contribution in [0.4, 0.5) is 5.69 Å². The minimum absolute atomic E-state index is 0.217. The molecule has 1 aromatic carbocycles. The Morgan fingerprint density at radius 3 is 2.47 bits per heavy atom. The number of nitrogens with two attached hydrogens (primary N) is 1. The Balaban J connectivity index is 2.29. The Kier molecular flexibility index (Phi) is 4.27. The third-order valence-corrected chi connectivity index (χ3v) is 6.44. The molecular weight excluding hydrogens is 284 g/mol. The van der Waals surface area contributed by atoms with E-state index >= 15 is 0 Å². The van der Waals surface area contributed by atoms with E-state index in [1.807, 2.05) is 6.92 Å². The van der Waals surface area contributed by atoms with Crippen LogP contribution in [-0.2, 0) is 27.2 Å². The maximum atomic E-state index is 12.4. The highest BCUT2D eigenvalue weighted by Crippen LogP contribution is 2.22. The number of nitrogen functional groups attached to an aromatic ring is 1. The average Bonchev–Trinajstić information content (AvgIpc) is 2.39. The van der Waals surface area contributed by atoms with Crippen molar-refractivity contribution in [3.63, 3.8) is 0 Å². The molecular formula is C12H18N2O3S2. The SMILES string of the molecule is CCc1ccc(S(=O)(=O)N2CCS(=O)CC2)cc1N. The van der Waals surface area contributed by atoms with Gasteiger partial charge in [0.2, 0.25) is 10.0 Å². The first-order valence-corrected chi connectivity index (χ1v) is 9.11. The summed E-state index contributed by atoms with van der Waals surface area (Å²) in [6.07, 6.45) is 0.773. The van der Waals surface area contributed by atoms with Crippen molar-refractivity contribution in [1.82, 2.24) is 4.31 Å². The van der Waals surface area contributed by atoms with Crippen molar-refractivity contribution in [1.29, 1.82) is 0 Å². The van der Waals surface area contributed by atoms with Crippen molar-refractivity contribution in [2.75, 3.05) is 30.3 Å². The molecule has 19 heavy (non-hydrogen) atoms. The van der Waals surface area contributed by atoms with Gasteiger partial charge in [0.15, 0.2) is 0 Å². The Morgan fingerprint density at radius 1 is 1.32 bits per heavy atom. The maximum absolute atomic E-state index is 12.4. The van der Waals surface area contributed by atoms with Gasteiger partial charge >= 0.3 is 0 Å². The topological polar surface area (TPSA) is 80.5 Å². The molecule has 2 N–H and O–H groups in total. The fourth-order valence-electron chi connectivity index (χ4n) is 2.07. The van der Waals surface area contributed by atoms with Gasteiger partial charge in [-0.25, -0.2) is 8.42 Å². The number of benzene rings is 1. The summed E-state index contributed by atoms with van der Waals surface area (Å²) < 4.78 is 37.5. The van der Waals surface area contributed by atoms with Crippen LogP contribution < -0.4 is 5.73 Å². The second-order valence-electron chi connectivity index (χ2n) is 4.47. The molecule has 1 aliphatic rings. The first-order valence-electron chi connectivity index (χ1n) is 6.18. The number of nitrogens with zero attached hydrogens (tertiary/aromatic N) is 1. The van der Waals surface area contributed by atoms with Crippen molar-refractivity contribution < 1.29 is 12.6 Å². The van der Waals surface area contributed by atoms with Gasteiger partial charge in [0.05, 0.1) is 4.90 Å². The summed E-state index contributed by atoms with van der Waals surface area (Å²) in [6, 6.07) is 4.86. The van der Waals surface area contributed by atoms with Crippen LogP contribution in [-0.4, -0.2) is 41.5 Å². The molecule has 0 aliphatic carbocycles. The predicted octanol–water partition coefficient (Wildman–Crippen LogP) is 0.584. The Labute approximate surface area is 116 Å². The molecule has 0 aromatic heterocycles.